The summed E-state index contributed by atoms with van der Waals surface area (Å²) in [7, 11) is 0. The summed E-state index contributed by atoms with van der Waals surface area (Å²) < 4.78 is 5.50. The van der Waals surface area contributed by atoms with Crippen LogP contribution in [0.4, 0.5) is 0 Å². The molecule has 1 fully saturated rings. The minimum Gasteiger partial charge on any atom is -0.466 e. The molecule has 1 aliphatic carbocycles. The third-order valence-corrected chi connectivity index (χ3v) is 3.74. The fraction of sp³-hybridized carbons (Fsp3) is 0.714. The molecule has 16 heavy (non-hydrogen) atoms. The summed E-state index contributed by atoms with van der Waals surface area (Å²) in [4.78, 5) is 0. The van der Waals surface area contributed by atoms with E-state index >= 15 is 0 Å². The van der Waals surface area contributed by atoms with Crippen molar-refractivity contribution in [1.29, 1.82) is 0 Å². The lowest BCUT2D eigenvalue weighted by Gasteiger charge is -2.20. The fourth-order valence-corrected chi connectivity index (χ4v) is 2.82. The van der Waals surface area contributed by atoms with Crippen LogP contribution in [0.1, 0.15) is 61.7 Å². The number of aliphatic hydroxyl groups excluding tert-OH is 1. The van der Waals surface area contributed by atoms with Crippen LogP contribution in [0, 0.1) is 19.8 Å². The lowest BCUT2D eigenvalue weighted by Crippen LogP contribution is -2.12. The van der Waals surface area contributed by atoms with E-state index in [4.69, 9.17) is 4.42 Å². The van der Waals surface area contributed by atoms with Gasteiger partial charge in [0.05, 0.1) is 6.10 Å². The van der Waals surface area contributed by atoms with Crippen molar-refractivity contribution in [3.63, 3.8) is 0 Å². The van der Waals surface area contributed by atoms with Crippen molar-refractivity contribution in [1.82, 2.24) is 0 Å². The van der Waals surface area contributed by atoms with Gasteiger partial charge in [0, 0.05) is 5.56 Å². The van der Waals surface area contributed by atoms with Gasteiger partial charge in [-0.2, -0.15) is 0 Å². The van der Waals surface area contributed by atoms with E-state index in [1.807, 2.05) is 19.9 Å². The molecule has 0 bridgehead atoms. The molecule has 0 spiro atoms. The van der Waals surface area contributed by atoms with Gasteiger partial charge in [-0.1, -0.05) is 25.7 Å². The van der Waals surface area contributed by atoms with Crippen LogP contribution < -0.4 is 0 Å². The Bertz CT molecular complexity index is 333. The zero-order valence-corrected chi connectivity index (χ0v) is 10.3. The predicted molar refractivity (Wildman–Crippen MR) is 64.3 cm³/mol. The summed E-state index contributed by atoms with van der Waals surface area (Å²) in [6.07, 6.45) is 7.17. The maximum Gasteiger partial charge on any atom is 0.106 e. The summed E-state index contributed by atoms with van der Waals surface area (Å²) in [5.41, 5.74) is 1.00. The van der Waals surface area contributed by atoms with E-state index in [1.54, 1.807) is 0 Å². The molecule has 1 atom stereocenters. The Labute approximate surface area is 97.7 Å². The summed E-state index contributed by atoms with van der Waals surface area (Å²) in [5.74, 6) is 2.22. The van der Waals surface area contributed by atoms with E-state index in [2.05, 4.69) is 0 Å². The molecule has 90 valence electrons. The van der Waals surface area contributed by atoms with Crippen LogP contribution in [0.15, 0.2) is 10.5 Å². The standard InChI is InChI=1S/C14H22O2/c1-10-9-13(11(2)16-10)14(15)12-7-5-3-4-6-8-12/h9,12,14-15H,3-8H2,1-2H3. The molecule has 0 aromatic carbocycles. The second-order valence-corrected chi connectivity index (χ2v) is 5.07. The zero-order chi connectivity index (χ0) is 11.5. The number of hydrogen-bond donors (Lipinski definition) is 1. The first-order valence-corrected chi connectivity index (χ1v) is 6.43. The van der Waals surface area contributed by atoms with Crippen molar-refractivity contribution in [2.24, 2.45) is 5.92 Å². The molecule has 1 unspecified atom stereocenters. The summed E-state index contributed by atoms with van der Waals surface area (Å²) in [5, 5.41) is 10.4. The molecule has 1 aliphatic rings. The van der Waals surface area contributed by atoms with Gasteiger partial charge >= 0.3 is 0 Å². The van der Waals surface area contributed by atoms with Gasteiger partial charge in [-0.15, -0.1) is 0 Å². The third kappa shape index (κ3) is 2.49. The van der Waals surface area contributed by atoms with Crippen molar-refractivity contribution in [3.05, 3.63) is 23.2 Å². The van der Waals surface area contributed by atoms with E-state index < -0.39 is 0 Å². The van der Waals surface area contributed by atoms with E-state index in [0.29, 0.717) is 5.92 Å². The Kier molecular flexibility index (Phi) is 3.70. The lowest BCUT2D eigenvalue weighted by atomic mass is 9.89. The van der Waals surface area contributed by atoms with E-state index in [1.165, 1.54) is 25.7 Å². The molecule has 0 aliphatic heterocycles. The van der Waals surface area contributed by atoms with Crippen LogP contribution in [-0.4, -0.2) is 5.11 Å². The van der Waals surface area contributed by atoms with E-state index in [9.17, 15) is 5.11 Å². The van der Waals surface area contributed by atoms with Crippen LogP contribution >= 0.6 is 0 Å². The number of aryl methyl sites for hydroxylation is 2. The maximum absolute atomic E-state index is 10.4. The van der Waals surface area contributed by atoms with Crippen molar-refractivity contribution >= 4 is 0 Å². The van der Waals surface area contributed by atoms with Gasteiger partial charge in [0.1, 0.15) is 11.5 Å². The molecule has 0 amide bonds. The highest BCUT2D eigenvalue weighted by Gasteiger charge is 2.24. The maximum atomic E-state index is 10.4. The highest BCUT2D eigenvalue weighted by molar-refractivity contribution is 5.23. The highest BCUT2D eigenvalue weighted by Crippen LogP contribution is 2.35. The molecule has 1 aromatic rings. The average molecular weight is 222 g/mol. The average Bonchev–Trinajstić information content (AvgIpc) is 2.49. The van der Waals surface area contributed by atoms with Gasteiger partial charge < -0.3 is 9.52 Å². The van der Waals surface area contributed by atoms with Gasteiger partial charge in [-0.3, -0.25) is 0 Å². The second kappa shape index (κ2) is 5.05. The minimum atomic E-state index is -0.324. The Balaban J connectivity index is 2.10. The van der Waals surface area contributed by atoms with Crippen LogP contribution in [-0.2, 0) is 0 Å². The first-order valence-electron chi connectivity index (χ1n) is 6.43. The number of rotatable bonds is 2. The molecule has 1 saturated carbocycles. The summed E-state index contributed by atoms with van der Waals surface area (Å²) >= 11 is 0. The molecule has 0 saturated heterocycles. The number of aliphatic hydroxyl groups is 1. The Morgan fingerprint density at radius 2 is 1.81 bits per heavy atom. The quantitative estimate of drug-likeness (QED) is 0.770. The number of hydrogen-bond acceptors (Lipinski definition) is 2. The molecule has 2 nitrogen and oxygen atoms in total. The van der Waals surface area contributed by atoms with Crippen LogP contribution in [0.3, 0.4) is 0 Å². The van der Waals surface area contributed by atoms with Gasteiger partial charge in [-0.05, 0) is 38.7 Å². The van der Waals surface area contributed by atoms with Crippen molar-refractivity contribution < 1.29 is 9.52 Å². The van der Waals surface area contributed by atoms with Gasteiger partial charge in [0.2, 0.25) is 0 Å². The lowest BCUT2D eigenvalue weighted by molar-refractivity contribution is 0.0973. The predicted octanol–water partition coefficient (Wildman–Crippen LogP) is 3.90. The minimum absolute atomic E-state index is 0.324. The van der Waals surface area contributed by atoms with Gasteiger partial charge in [0.15, 0.2) is 0 Å². The van der Waals surface area contributed by atoms with Crippen LogP contribution in [0.2, 0.25) is 0 Å². The van der Waals surface area contributed by atoms with E-state index in [0.717, 1.165) is 29.9 Å². The Morgan fingerprint density at radius 1 is 1.19 bits per heavy atom. The third-order valence-electron chi connectivity index (χ3n) is 3.74. The van der Waals surface area contributed by atoms with Crippen molar-refractivity contribution in [2.45, 2.75) is 58.5 Å². The van der Waals surface area contributed by atoms with Gasteiger partial charge in [-0.25, -0.2) is 0 Å². The normalized spacial score (nSPS) is 20.7. The SMILES string of the molecule is Cc1cc(C(O)C2CCCCCC2)c(C)o1. The first-order chi connectivity index (χ1) is 7.68. The number of furan rings is 1. The summed E-state index contributed by atoms with van der Waals surface area (Å²) in [6.45, 7) is 3.89. The van der Waals surface area contributed by atoms with E-state index in [-0.39, 0.29) is 6.10 Å². The first kappa shape index (κ1) is 11.7. The van der Waals surface area contributed by atoms with Crippen molar-refractivity contribution in [3.8, 4) is 0 Å². The van der Waals surface area contributed by atoms with Crippen LogP contribution in [0.5, 0.6) is 0 Å². The highest BCUT2D eigenvalue weighted by atomic mass is 16.3. The van der Waals surface area contributed by atoms with Gasteiger partial charge in [0.25, 0.3) is 0 Å². The van der Waals surface area contributed by atoms with Crippen LogP contribution in [0.25, 0.3) is 0 Å². The molecule has 2 rings (SSSR count). The molecule has 0 radical (unpaired) electrons. The summed E-state index contributed by atoms with van der Waals surface area (Å²) in [6, 6.07) is 1.99. The Morgan fingerprint density at radius 3 is 2.31 bits per heavy atom. The van der Waals surface area contributed by atoms with Crippen molar-refractivity contribution in [2.75, 3.05) is 0 Å². The molecule has 1 heterocycles. The largest absolute Gasteiger partial charge is 0.466 e. The molecular weight excluding hydrogens is 200 g/mol. The second-order valence-electron chi connectivity index (χ2n) is 5.07. The fourth-order valence-electron chi connectivity index (χ4n) is 2.82. The molecule has 2 heteroatoms. The molecule has 1 N–H and O–H groups in total. The smallest absolute Gasteiger partial charge is 0.106 e. The molecular formula is C14H22O2. The Hall–Kier alpha value is -0.760. The topological polar surface area (TPSA) is 33.4 Å². The molecule has 1 aromatic heterocycles. The zero-order valence-electron chi connectivity index (χ0n) is 10.3. The monoisotopic (exact) mass is 222 g/mol.